The monoisotopic (exact) mass is 278 g/mol. The summed E-state index contributed by atoms with van der Waals surface area (Å²) in [6.07, 6.45) is 1.18. The van der Waals surface area contributed by atoms with Gasteiger partial charge in [-0.3, -0.25) is 4.79 Å². The molecule has 1 amide bonds. The van der Waals surface area contributed by atoms with Crippen molar-refractivity contribution < 1.29 is 14.0 Å². The number of nitrogens with zero attached hydrogens (tertiary/aromatic N) is 1. The Morgan fingerprint density at radius 2 is 2.35 bits per heavy atom. The van der Waals surface area contributed by atoms with Crippen molar-refractivity contribution >= 4 is 11.6 Å². The van der Waals surface area contributed by atoms with Crippen LogP contribution >= 0.6 is 0 Å². The average Bonchev–Trinajstić information content (AvgIpc) is 2.82. The fraction of sp³-hybridized carbons (Fsp3) is 0.467. The number of nitrogens with one attached hydrogen (secondary N) is 1. The summed E-state index contributed by atoms with van der Waals surface area (Å²) >= 11 is 0. The lowest BCUT2D eigenvalue weighted by atomic mass is 9.94. The quantitative estimate of drug-likeness (QED) is 0.920. The molecule has 1 aliphatic heterocycles. The van der Waals surface area contributed by atoms with Crippen molar-refractivity contribution in [1.82, 2.24) is 5.32 Å². The number of rotatable bonds is 4. The van der Waals surface area contributed by atoms with Crippen LogP contribution in [0.3, 0.4) is 0 Å². The average molecular weight is 278 g/mol. The molecule has 108 valence electrons. The summed E-state index contributed by atoms with van der Waals surface area (Å²) in [5, 5.41) is 6.83. The fourth-order valence-corrected chi connectivity index (χ4v) is 1.96. The molecule has 5 heteroatoms. The Morgan fingerprint density at radius 1 is 1.60 bits per heavy atom. The minimum Gasteiger partial charge on any atom is -0.379 e. The second kappa shape index (κ2) is 5.61. The zero-order chi connectivity index (χ0) is 14.8. The number of hydrogen-bond donors (Lipinski definition) is 1. The lowest BCUT2D eigenvalue weighted by Crippen LogP contribution is -2.47. The van der Waals surface area contributed by atoms with Gasteiger partial charge in [0, 0.05) is 18.0 Å². The summed E-state index contributed by atoms with van der Waals surface area (Å²) < 4.78 is 13.2. The molecule has 1 aliphatic rings. The molecule has 20 heavy (non-hydrogen) atoms. The van der Waals surface area contributed by atoms with Gasteiger partial charge >= 0.3 is 0 Å². The molecule has 1 aromatic carbocycles. The highest BCUT2D eigenvalue weighted by atomic mass is 19.1. The van der Waals surface area contributed by atoms with E-state index in [0.29, 0.717) is 17.7 Å². The van der Waals surface area contributed by atoms with Crippen molar-refractivity contribution in [2.24, 2.45) is 5.16 Å². The highest BCUT2D eigenvalue weighted by molar-refractivity contribution is 6.05. The Bertz CT molecular complexity index is 544. The minimum absolute atomic E-state index is 0.0844. The van der Waals surface area contributed by atoms with E-state index in [4.69, 9.17) is 4.84 Å². The summed E-state index contributed by atoms with van der Waals surface area (Å²) in [4.78, 5) is 17.5. The number of carbonyl (C=O) groups is 1. The largest absolute Gasteiger partial charge is 0.379 e. The molecule has 2 rings (SSSR count). The highest BCUT2D eigenvalue weighted by Gasteiger charge is 2.42. The van der Waals surface area contributed by atoms with Gasteiger partial charge in [0.05, 0.1) is 5.71 Å². The maximum atomic E-state index is 13.2. The van der Waals surface area contributed by atoms with E-state index >= 15 is 0 Å². The van der Waals surface area contributed by atoms with Gasteiger partial charge in [-0.05, 0) is 32.4 Å². The van der Waals surface area contributed by atoms with Crippen molar-refractivity contribution in [2.75, 3.05) is 0 Å². The van der Waals surface area contributed by atoms with E-state index in [1.165, 1.54) is 12.1 Å². The fourth-order valence-electron chi connectivity index (χ4n) is 1.96. The van der Waals surface area contributed by atoms with Gasteiger partial charge in [0.25, 0.3) is 5.91 Å². The standard InChI is InChI=1S/C15H19FN2O2/c1-4-10(2)17-14(19)15(3)9-13(18-20-15)11-6-5-7-12(16)8-11/h5-8,10H,4,9H2,1-3H3,(H,17,19)/t10-,15+/m0/s1. The van der Waals surface area contributed by atoms with Crippen LogP contribution in [0.15, 0.2) is 29.4 Å². The molecule has 4 nitrogen and oxygen atoms in total. The van der Waals surface area contributed by atoms with E-state index in [-0.39, 0.29) is 17.8 Å². The van der Waals surface area contributed by atoms with E-state index < -0.39 is 5.60 Å². The first kappa shape index (κ1) is 14.5. The van der Waals surface area contributed by atoms with Crippen molar-refractivity contribution in [1.29, 1.82) is 0 Å². The number of amides is 1. The second-order valence-corrected chi connectivity index (χ2v) is 5.33. The van der Waals surface area contributed by atoms with Crippen LogP contribution in [0.2, 0.25) is 0 Å². The number of halogens is 1. The maximum Gasteiger partial charge on any atom is 0.267 e. The molecule has 2 atom stereocenters. The van der Waals surface area contributed by atoms with Gasteiger partial charge in [0.2, 0.25) is 5.60 Å². The smallest absolute Gasteiger partial charge is 0.267 e. The van der Waals surface area contributed by atoms with Gasteiger partial charge in [-0.25, -0.2) is 4.39 Å². The van der Waals surface area contributed by atoms with Crippen molar-refractivity contribution in [2.45, 2.75) is 45.3 Å². The van der Waals surface area contributed by atoms with Crippen LogP contribution < -0.4 is 5.32 Å². The Morgan fingerprint density at radius 3 is 3.00 bits per heavy atom. The summed E-state index contributed by atoms with van der Waals surface area (Å²) in [6, 6.07) is 6.21. The van der Waals surface area contributed by atoms with Crippen LogP contribution in [-0.4, -0.2) is 23.3 Å². The third-order valence-electron chi connectivity index (χ3n) is 3.49. The molecule has 0 aromatic heterocycles. The Balaban J connectivity index is 2.08. The van der Waals surface area contributed by atoms with Crippen LogP contribution in [0.5, 0.6) is 0 Å². The summed E-state index contributed by atoms with van der Waals surface area (Å²) in [5.74, 6) is -0.523. The van der Waals surface area contributed by atoms with Crippen molar-refractivity contribution in [3.8, 4) is 0 Å². The number of carbonyl (C=O) groups excluding carboxylic acids is 1. The lowest BCUT2D eigenvalue weighted by molar-refractivity contribution is -0.142. The molecule has 0 radical (unpaired) electrons. The van der Waals surface area contributed by atoms with Gasteiger partial charge in [-0.15, -0.1) is 0 Å². The Hall–Kier alpha value is -1.91. The van der Waals surface area contributed by atoms with Gasteiger partial charge in [0.1, 0.15) is 5.82 Å². The van der Waals surface area contributed by atoms with E-state index in [2.05, 4.69) is 10.5 Å². The van der Waals surface area contributed by atoms with Crippen molar-refractivity contribution in [3.63, 3.8) is 0 Å². The summed E-state index contributed by atoms with van der Waals surface area (Å²) in [6.45, 7) is 5.63. The summed E-state index contributed by atoms with van der Waals surface area (Å²) in [7, 11) is 0. The molecule has 1 heterocycles. The molecule has 0 fully saturated rings. The Labute approximate surface area is 118 Å². The first-order chi connectivity index (χ1) is 9.44. The van der Waals surface area contributed by atoms with Gasteiger partial charge < -0.3 is 10.2 Å². The van der Waals surface area contributed by atoms with Crippen LogP contribution in [0.25, 0.3) is 0 Å². The predicted octanol–water partition coefficient (Wildman–Crippen LogP) is 2.62. The Kier molecular flexibility index (Phi) is 4.06. The molecule has 1 aromatic rings. The topological polar surface area (TPSA) is 50.7 Å². The number of oxime groups is 1. The molecule has 1 N–H and O–H groups in total. The van der Waals surface area contributed by atoms with Gasteiger partial charge in [-0.2, -0.15) is 0 Å². The SMILES string of the molecule is CC[C@H](C)NC(=O)[C@@]1(C)CC(c2cccc(F)c2)=NO1. The van der Waals surface area contributed by atoms with Crippen molar-refractivity contribution in [3.05, 3.63) is 35.6 Å². The van der Waals surface area contributed by atoms with E-state index in [9.17, 15) is 9.18 Å². The van der Waals surface area contributed by atoms with Crippen LogP contribution in [-0.2, 0) is 9.63 Å². The minimum atomic E-state index is -1.02. The molecular weight excluding hydrogens is 259 g/mol. The predicted molar refractivity (Wildman–Crippen MR) is 74.9 cm³/mol. The molecule has 0 saturated carbocycles. The van der Waals surface area contributed by atoms with Crippen LogP contribution in [0.4, 0.5) is 4.39 Å². The molecular formula is C15H19FN2O2. The van der Waals surface area contributed by atoms with E-state index in [0.717, 1.165) is 6.42 Å². The zero-order valence-corrected chi connectivity index (χ0v) is 11.9. The molecule has 0 spiro atoms. The second-order valence-electron chi connectivity index (χ2n) is 5.33. The maximum absolute atomic E-state index is 13.2. The van der Waals surface area contributed by atoms with E-state index in [1.54, 1.807) is 19.1 Å². The van der Waals surface area contributed by atoms with Crippen LogP contribution in [0, 0.1) is 5.82 Å². The first-order valence-corrected chi connectivity index (χ1v) is 6.76. The highest BCUT2D eigenvalue weighted by Crippen LogP contribution is 2.27. The van der Waals surface area contributed by atoms with Gasteiger partial charge in [-0.1, -0.05) is 24.2 Å². The number of benzene rings is 1. The van der Waals surface area contributed by atoms with E-state index in [1.807, 2.05) is 13.8 Å². The lowest BCUT2D eigenvalue weighted by Gasteiger charge is -2.22. The first-order valence-electron chi connectivity index (χ1n) is 6.76. The normalized spacial score (nSPS) is 22.9. The third kappa shape index (κ3) is 2.98. The zero-order valence-electron chi connectivity index (χ0n) is 11.9. The molecule has 0 saturated heterocycles. The molecule has 0 unspecified atom stereocenters. The molecule has 0 bridgehead atoms. The van der Waals surface area contributed by atoms with Gasteiger partial charge in [0.15, 0.2) is 0 Å². The van der Waals surface area contributed by atoms with Crippen LogP contribution in [0.1, 0.15) is 39.2 Å². The summed E-state index contributed by atoms with van der Waals surface area (Å²) in [5.41, 5.74) is 0.210. The third-order valence-corrected chi connectivity index (χ3v) is 3.49. The molecule has 0 aliphatic carbocycles. The number of hydrogen-bond acceptors (Lipinski definition) is 3.